The third kappa shape index (κ3) is 5.55. The van der Waals surface area contributed by atoms with Gasteiger partial charge in [-0.25, -0.2) is 0 Å². The molecule has 2 heterocycles. The molecule has 2 rings (SSSR count). The van der Waals surface area contributed by atoms with Crippen molar-refractivity contribution < 1.29 is 19.1 Å². The maximum atomic E-state index is 12.6. The highest BCUT2D eigenvalue weighted by Crippen LogP contribution is 2.32. The largest absolute Gasteiger partial charge is 0.463 e. The van der Waals surface area contributed by atoms with Crippen LogP contribution in [0.25, 0.3) is 0 Å². The predicted octanol–water partition coefficient (Wildman–Crippen LogP) is 2.89. The van der Waals surface area contributed by atoms with Crippen LogP contribution in [0, 0.1) is 5.92 Å². The number of rotatable bonds is 2. The molecule has 0 aliphatic carbocycles. The molecule has 2 saturated heterocycles. The zero-order valence-electron chi connectivity index (χ0n) is 18.8. The van der Waals surface area contributed by atoms with Crippen LogP contribution in [-0.4, -0.2) is 79.1 Å². The lowest BCUT2D eigenvalue weighted by molar-refractivity contribution is -0.156. The lowest BCUT2D eigenvalue weighted by Crippen LogP contribution is -2.58. The summed E-state index contributed by atoms with van der Waals surface area (Å²) in [6.07, 6.45) is 4.83. The van der Waals surface area contributed by atoms with Gasteiger partial charge in [-0.15, -0.1) is 0 Å². The molecule has 0 saturated carbocycles. The average Bonchev–Trinajstić information content (AvgIpc) is 2.69. The van der Waals surface area contributed by atoms with Crippen LogP contribution in [0.3, 0.4) is 0 Å². The summed E-state index contributed by atoms with van der Waals surface area (Å²) in [6, 6.07) is 0.528. The summed E-state index contributed by atoms with van der Waals surface area (Å²) in [5.41, 5.74) is -0.482. The fourth-order valence-electron chi connectivity index (χ4n) is 4.42. The van der Waals surface area contributed by atoms with Crippen molar-refractivity contribution in [2.45, 2.75) is 83.4 Å². The zero-order chi connectivity index (χ0) is 20.9. The van der Waals surface area contributed by atoms with Gasteiger partial charge in [0.15, 0.2) is 0 Å². The van der Waals surface area contributed by atoms with E-state index in [1.807, 2.05) is 0 Å². The van der Waals surface area contributed by atoms with Gasteiger partial charge in [0.1, 0.15) is 18.3 Å². The number of hydrogen-bond donors (Lipinski definition) is 0. The smallest absolute Gasteiger partial charge is 0.316 e. The van der Waals surface area contributed by atoms with Crippen molar-refractivity contribution in [3.05, 3.63) is 0 Å². The van der Waals surface area contributed by atoms with Gasteiger partial charge < -0.3 is 14.4 Å². The fourth-order valence-corrected chi connectivity index (χ4v) is 4.42. The van der Waals surface area contributed by atoms with Crippen LogP contribution in [0.5, 0.6) is 0 Å². The molecule has 1 spiro atoms. The van der Waals surface area contributed by atoms with E-state index in [-0.39, 0.29) is 22.9 Å². The van der Waals surface area contributed by atoms with E-state index in [0.717, 1.165) is 45.3 Å². The second-order valence-corrected chi connectivity index (χ2v) is 9.33. The Labute approximate surface area is 170 Å². The first kappa shape index (κ1) is 23.3. The van der Waals surface area contributed by atoms with Gasteiger partial charge >= 0.3 is 5.97 Å². The molecule has 0 aromatic rings. The Morgan fingerprint density at radius 3 is 2.32 bits per heavy atom. The molecular weight excluding hydrogens is 356 g/mol. The number of likely N-dealkylation sites (tertiary alicyclic amines) is 1. The second kappa shape index (κ2) is 9.68. The summed E-state index contributed by atoms with van der Waals surface area (Å²) in [4.78, 5) is 29.9. The Morgan fingerprint density at radius 1 is 1.11 bits per heavy atom. The van der Waals surface area contributed by atoms with Crippen LogP contribution in [-0.2, 0) is 19.1 Å². The summed E-state index contributed by atoms with van der Waals surface area (Å²) in [6.45, 7) is 11.5. The van der Waals surface area contributed by atoms with Gasteiger partial charge in [-0.05, 0) is 73.4 Å². The molecule has 0 bridgehead atoms. The van der Waals surface area contributed by atoms with Crippen LogP contribution in [0.15, 0.2) is 0 Å². The molecule has 1 unspecified atom stereocenters. The molecule has 0 aromatic heterocycles. The molecule has 0 N–H and O–H groups in total. The average molecular weight is 397 g/mol. The number of carbonyl (C=O) groups is 2. The number of piperidine rings is 1. The summed E-state index contributed by atoms with van der Waals surface area (Å²) < 4.78 is 11.5. The van der Waals surface area contributed by atoms with Crippen molar-refractivity contribution >= 4 is 11.8 Å². The van der Waals surface area contributed by atoms with E-state index in [0.29, 0.717) is 25.5 Å². The highest BCUT2D eigenvalue weighted by Gasteiger charge is 2.41. The lowest BCUT2D eigenvalue weighted by Gasteiger charge is -2.48. The van der Waals surface area contributed by atoms with Gasteiger partial charge in [0.25, 0.3) is 0 Å². The number of methoxy groups -OCH3 is 1. The minimum Gasteiger partial charge on any atom is -0.463 e. The number of likely N-dealkylation sites (N-methyl/N-ethyl adjacent to an activating group) is 1. The first-order valence-corrected chi connectivity index (χ1v) is 10.8. The van der Waals surface area contributed by atoms with E-state index in [2.05, 4.69) is 37.6 Å². The van der Waals surface area contributed by atoms with Crippen molar-refractivity contribution in [3.63, 3.8) is 0 Å². The van der Waals surface area contributed by atoms with Crippen molar-refractivity contribution in [1.82, 2.24) is 9.80 Å². The number of carbonyl (C=O) groups excluding carboxylic acids is 2. The Balaban J connectivity index is 2.19. The van der Waals surface area contributed by atoms with Crippen LogP contribution in [0.4, 0.5) is 0 Å². The lowest BCUT2D eigenvalue weighted by atomic mass is 9.85. The van der Waals surface area contributed by atoms with Crippen LogP contribution in [0.2, 0.25) is 0 Å². The Morgan fingerprint density at radius 2 is 1.75 bits per heavy atom. The normalized spacial score (nSPS) is 31.9. The number of hydrogen-bond acceptors (Lipinski definition) is 6. The molecule has 28 heavy (non-hydrogen) atoms. The van der Waals surface area contributed by atoms with Gasteiger partial charge in [-0.1, -0.05) is 0 Å². The first-order valence-electron chi connectivity index (χ1n) is 10.8. The molecule has 6 heteroatoms. The molecule has 162 valence electrons. The summed E-state index contributed by atoms with van der Waals surface area (Å²) in [5.74, 6) is -1.15. The Kier molecular flexibility index (Phi) is 8.06. The van der Waals surface area contributed by atoms with Gasteiger partial charge in [-0.3, -0.25) is 14.5 Å². The van der Waals surface area contributed by atoms with E-state index in [1.54, 1.807) is 14.0 Å². The Bertz CT molecular complexity index is 543. The molecule has 0 aromatic carbocycles. The van der Waals surface area contributed by atoms with Crippen molar-refractivity contribution in [2.75, 3.05) is 40.4 Å². The van der Waals surface area contributed by atoms with Gasteiger partial charge in [-0.2, -0.15) is 0 Å². The predicted molar refractivity (Wildman–Crippen MR) is 110 cm³/mol. The second-order valence-electron chi connectivity index (χ2n) is 9.33. The quantitative estimate of drug-likeness (QED) is 0.528. The number of ether oxygens (including phenoxy) is 2. The molecule has 6 nitrogen and oxygen atoms in total. The topological polar surface area (TPSA) is 59.1 Å². The summed E-state index contributed by atoms with van der Waals surface area (Å²) in [7, 11) is 3.87. The number of esters is 1. The van der Waals surface area contributed by atoms with Gasteiger partial charge in [0.2, 0.25) is 0 Å². The standard InChI is InChI=1S/C22H40N2O4/c1-17(2)24-14-11-22(12-15-24)16-28-20(26)18(3)19(25)8-10-21(4,27-6)9-7-13-23(22)5/h17-18H,7-16H2,1-6H3/t18?,21-/m1/s1. The van der Waals surface area contributed by atoms with E-state index < -0.39 is 5.92 Å². The first-order chi connectivity index (χ1) is 13.1. The monoisotopic (exact) mass is 396 g/mol. The van der Waals surface area contributed by atoms with Crippen LogP contribution < -0.4 is 0 Å². The Hall–Kier alpha value is -0.980. The molecule has 0 radical (unpaired) electrons. The fraction of sp³-hybridized carbons (Fsp3) is 0.909. The number of Topliss-reactive ketones (excluding diaryl/α,β-unsaturated/α-hetero) is 1. The maximum absolute atomic E-state index is 12.6. The van der Waals surface area contributed by atoms with Gasteiger partial charge in [0.05, 0.1) is 11.1 Å². The summed E-state index contributed by atoms with van der Waals surface area (Å²) in [5, 5.41) is 0. The number of ketones is 1. The molecule has 2 atom stereocenters. The highest BCUT2D eigenvalue weighted by molar-refractivity contribution is 5.98. The molecule has 0 amide bonds. The van der Waals surface area contributed by atoms with E-state index >= 15 is 0 Å². The number of cyclic esters (lactones) is 1. The van der Waals surface area contributed by atoms with Crippen LogP contribution in [0.1, 0.15) is 66.2 Å². The van der Waals surface area contributed by atoms with Crippen molar-refractivity contribution in [2.24, 2.45) is 5.92 Å². The number of nitrogens with zero attached hydrogens (tertiary/aromatic N) is 2. The highest BCUT2D eigenvalue weighted by atomic mass is 16.5. The van der Waals surface area contributed by atoms with E-state index in [4.69, 9.17) is 9.47 Å². The van der Waals surface area contributed by atoms with Crippen molar-refractivity contribution in [3.8, 4) is 0 Å². The minimum absolute atomic E-state index is 0.0513. The van der Waals surface area contributed by atoms with Gasteiger partial charge in [0, 0.05) is 32.7 Å². The van der Waals surface area contributed by atoms with E-state index in [1.165, 1.54) is 0 Å². The third-order valence-electron chi connectivity index (χ3n) is 7.18. The minimum atomic E-state index is -0.708. The summed E-state index contributed by atoms with van der Waals surface area (Å²) >= 11 is 0. The third-order valence-corrected chi connectivity index (χ3v) is 7.18. The molecule has 2 aliphatic heterocycles. The molecule has 2 fully saturated rings. The molecular formula is C22H40N2O4. The zero-order valence-corrected chi connectivity index (χ0v) is 18.8. The maximum Gasteiger partial charge on any atom is 0.316 e. The SMILES string of the molecule is CO[C@]1(C)CCCN(C)C2(CCN(C(C)C)CC2)COC(=O)C(C)C(=O)CC1. The van der Waals surface area contributed by atoms with Crippen LogP contribution >= 0.6 is 0 Å². The van der Waals surface area contributed by atoms with Crippen molar-refractivity contribution in [1.29, 1.82) is 0 Å². The van der Waals surface area contributed by atoms with E-state index in [9.17, 15) is 9.59 Å². The molecule has 2 aliphatic rings.